The molecule has 0 aromatic carbocycles. The Balaban J connectivity index is 2.20. The Morgan fingerprint density at radius 3 is 2.70 bits per heavy atom. The van der Waals surface area contributed by atoms with Crippen molar-refractivity contribution in [3.8, 4) is 11.8 Å². The van der Waals surface area contributed by atoms with Crippen molar-refractivity contribution < 1.29 is 9.31 Å². The fourth-order valence-electron chi connectivity index (χ4n) is 2.73. The van der Waals surface area contributed by atoms with E-state index < -0.39 is 7.12 Å². The highest BCUT2D eigenvalue weighted by Crippen LogP contribution is 2.17. The third-order valence-electron chi connectivity index (χ3n) is 5.40. The van der Waals surface area contributed by atoms with E-state index in [0.717, 1.165) is 40.6 Å². The lowest BCUT2D eigenvalue weighted by molar-refractivity contribution is 0.0706. The molecule has 0 amide bonds. The summed E-state index contributed by atoms with van der Waals surface area (Å²) in [7, 11) is 3.75. The Bertz CT molecular complexity index is 921. The van der Waals surface area contributed by atoms with E-state index in [9.17, 15) is 0 Å². The first-order valence-electron chi connectivity index (χ1n) is 10.8. The molecule has 5 nitrogen and oxygen atoms in total. The summed E-state index contributed by atoms with van der Waals surface area (Å²) in [6, 6.07) is 4.59. The van der Waals surface area contributed by atoms with Gasteiger partial charge in [0.15, 0.2) is 0 Å². The highest BCUT2D eigenvalue weighted by molar-refractivity contribution is 6.61. The fraction of sp³-hybridized carbons (Fsp3) is 0.542. The van der Waals surface area contributed by atoms with Crippen LogP contribution < -0.4 is 5.46 Å². The molecule has 2 aromatic rings. The molecule has 1 atom stereocenters. The molecule has 0 fully saturated rings. The minimum absolute atomic E-state index is 0.266. The predicted molar refractivity (Wildman–Crippen MR) is 127 cm³/mol. The van der Waals surface area contributed by atoms with Crippen LogP contribution in [0.15, 0.2) is 30.0 Å². The van der Waals surface area contributed by atoms with Gasteiger partial charge in [0, 0.05) is 35.3 Å². The number of fused-ring (bicyclic) bond motifs is 1. The monoisotopic (exact) mass is 409 g/mol. The summed E-state index contributed by atoms with van der Waals surface area (Å²) in [6.45, 7) is 13.1. The van der Waals surface area contributed by atoms with E-state index in [1.165, 1.54) is 0 Å². The van der Waals surface area contributed by atoms with Gasteiger partial charge in [0.05, 0.1) is 5.69 Å². The smallest absolute Gasteiger partial charge is 0.408 e. The molecule has 2 aromatic heterocycles. The second-order valence-electron chi connectivity index (χ2n) is 8.59. The molecule has 0 radical (unpaired) electrons. The van der Waals surface area contributed by atoms with Gasteiger partial charge in [-0.25, -0.2) is 4.98 Å². The normalized spacial score (nSPS) is 13.4. The van der Waals surface area contributed by atoms with Crippen molar-refractivity contribution in [2.75, 3.05) is 20.7 Å². The van der Waals surface area contributed by atoms with Crippen molar-refractivity contribution in [1.29, 1.82) is 0 Å². The van der Waals surface area contributed by atoms with Gasteiger partial charge in [-0.05, 0) is 85.2 Å². The number of hydrogen-bond donors (Lipinski definition) is 1. The molecule has 0 saturated carbocycles. The van der Waals surface area contributed by atoms with Crippen LogP contribution in [0, 0.1) is 11.8 Å². The number of nitrogens with one attached hydrogen (secondary N) is 1. The molecule has 162 valence electrons. The third kappa shape index (κ3) is 7.02. The van der Waals surface area contributed by atoms with Crippen LogP contribution in [0.2, 0.25) is 0 Å². The summed E-state index contributed by atoms with van der Waals surface area (Å²) in [6.07, 6.45) is 5.89. The molecule has 0 spiro atoms. The van der Waals surface area contributed by atoms with Crippen molar-refractivity contribution in [3.63, 3.8) is 0 Å². The molecule has 30 heavy (non-hydrogen) atoms. The van der Waals surface area contributed by atoms with E-state index in [0.29, 0.717) is 12.6 Å². The van der Waals surface area contributed by atoms with Crippen molar-refractivity contribution in [2.45, 2.75) is 66.0 Å². The van der Waals surface area contributed by atoms with Gasteiger partial charge >= 0.3 is 7.12 Å². The maximum atomic E-state index is 6.20. The highest BCUT2D eigenvalue weighted by Gasteiger charge is 2.29. The van der Waals surface area contributed by atoms with Gasteiger partial charge in [-0.15, -0.1) is 0 Å². The van der Waals surface area contributed by atoms with Crippen molar-refractivity contribution in [1.82, 2.24) is 14.9 Å². The first kappa shape index (κ1) is 24.2. The topological polar surface area (TPSA) is 50.4 Å². The van der Waals surface area contributed by atoms with Gasteiger partial charge in [0.25, 0.3) is 0 Å². The summed E-state index contributed by atoms with van der Waals surface area (Å²) in [5.74, 6) is 6.45. The third-order valence-corrected chi connectivity index (χ3v) is 5.40. The van der Waals surface area contributed by atoms with E-state index in [4.69, 9.17) is 9.31 Å². The average Bonchev–Trinajstić information content (AvgIpc) is 3.12. The van der Waals surface area contributed by atoms with Crippen LogP contribution in [0.1, 0.15) is 60.1 Å². The Hall–Kier alpha value is -2.07. The minimum atomic E-state index is -0.435. The van der Waals surface area contributed by atoms with Crippen LogP contribution in [-0.4, -0.2) is 54.3 Å². The molecule has 0 bridgehead atoms. The van der Waals surface area contributed by atoms with Gasteiger partial charge in [0.1, 0.15) is 5.65 Å². The zero-order chi connectivity index (χ0) is 22.3. The maximum absolute atomic E-state index is 6.20. The van der Waals surface area contributed by atoms with Crippen LogP contribution in [0.25, 0.3) is 11.0 Å². The Labute approximate surface area is 182 Å². The first-order valence-corrected chi connectivity index (χ1v) is 10.8. The van der Waals surface area contributed by atoms with Gasteiger partial charge in [-0.3, -0.25) is 0 Å². The summed E-state index contributed by atoms with van der Waals surface area (Å²) < 4.78 is 12.1. The summed E-state index contributed by atoms with van der Waals surface area (Å²) in [5, 5.41) is 1.00. The van der Waals surface area contributed by atoms with E-state index in [1.807, 2.05) is 26.1 Å². The van der Waals surface area contributed by atoms with E-state index in [1.54, 1.807) is 0 Å². The van der Waals surface area contributed by atoms with Crippen LogP contribution in [0.4, 0.5) is 0 Å². The van der Waals surface area contributed by atoms with Crippen molar-refractivity contribution in [2.24, 2.45) is 0 Å². The number of hydrogen-bond acceptors (Lipinski definition) is 4. The molecule has 2 rings (SSSR count). The van der Waals surface area contributed by atoms with Crippen LogP contribution in [0.5, 0.6) is 0 Å². The molecular formula is C24H36BN3O2. The number of aromatic nitrogens is 2. The lowest BCUT2D eigenvalue weighted by atomic mass is 9.78. The lowest BCUT2D eigenvalue weighted by Gasteiger charge is -2.28. The number of H-pyrrole nitrogens is 1. The zero-order valence-electron chi connectivity index (χ0n) is 19.8. The molecular weight excluding hydrogens is 373 g/mol. The van der Waals surface area contributed by atoms with Crippen LogP contribution >= 0.6 is 0 Å². The molecule has 0 saturated heterocycles. The van der Waals surface area contributed by atoms with Crippen molar-refractivity contribution >= 4 is 23.6 Å². The number of nitrogens with zero attached hydrogens (tertiary/aromatic N) is 2. The molecule has 2 heterocycles. The average molecular weight is 409 g/mol. The molecule has 6 heteroatoms. The molecule has 1 unspecified atom stereocenters. The Kier molecular flexibility index (Phi) is 8.72. The molecule has 0 aliphatic rings. The quantitative estimate of drug-likeness (QED) is 0.500. The Morgan fingerprint density at radius 2 is 2.07 bits per heavy atom. The van der Waals surface area contributed by atoms with E-state index in [2.05, 4.69) is 80.6 Å². The highest BCUT2D eigenvalue weighted by atomic mass is 16.6. The van der Waals surface area contributed by atoms with Gasteiger partial charge in [0.2, 0.25) is 0 Å². The summed E-state index contributed by atoms with van der Waals surface area (Å²) >= 11 is 0. The molecule has 0 aliphatic carbocycles. The summed E-state index contributed by atoms with van der Waals surface area (Å²) in [5.41, 5.74) is 3.39. The number of pyridine rings is 1. The molecule has 1 N–H and O–H groups in total. The van der Waals surface area contributed by atoms with E-state index in [-0.39, 0.29) is 5.60 Å². The minimum Gasteiger partial charge on any atom is -0.408 e. The van der Waals surface area contributed by atoms with Gasteiger partial charge in [-0.1, -0.05) is 18.9 Å². The fourth-order valence-corrected chi connectivity index (χ4v) is 2.73. The maximum Gasteiger partial charge on any atom is 0.495 e. The standard InChI is InChI=1S/C24H36BN3O2/c1-9-24(5,6)30-25(29-10-2)21-15-20-16-22(27-23(20)26-17-21)14-12-18(3)11-13-19(4)28(7)8/h11,15-17,19H,9-10,13H2,1-8H3,(H,26,27)/b18-11+. The second kappa shape index (κ2) is 10.8. The van der Waals surface area contributed by atoms with Gasteiger partial charge in [-0.2, -0.15) is 0 Å². The number of rotatable bonds is 9. The number of aromatic amines is 1. The first-order chi connectivity index (χ1) is 14.1. The van der Waals surface area contributed by atoms with Crippen molar-refractivity contribution in [3.05, 3.63) is 35.7 Å². The van der Waals surface area contributed by atoms with E-state index >= 15 is 0 Å². The van der Waals surface area contributed by atoms with Gasteiger partial charge < -0.3 is 19.2 Å². The van der Waals surface area contributed by atoms with Crippen LogP contribution in [-0.2, 0) is 9.31 Å². The number of allylic oxidation sites excluding steroid dienone is 1. The molecule has 0 aliphatic heterocycles. The zero-order valence-corrected chi connectivity index (χ0v) is 19.8. The second-order valence-corrected chi connectivity index (χ2v) is 8.59. The Morgan fingerprint density at radius 1 is 1.33 bits per heavy atom. The largest absolute Gasteiger partial charge is 0.495 e. The van der Waals surface area contributed by atoms with Crippen LogP contribution in [0.3, 0.4) is 0 Å². The SMILES string of the molecule is CCOB(OC(C)(C)CC)c1cnc2[nH]c(C#C/C(C)=C/CC(C)N(C)C)cc2c1. The summed E-state index contributed by atoms with van der Waals surface area (Å²) in [4.78, 5) is 10.1. The lowest BCUT2D eigenvalue weighted by Crippen LogP contribution is -2.43. The predicted octanol–water partition coefficient (Wildman–Crippen LogP) is 4.14.